The molecule has 5 nitrogen and oxygen atoms in total. The number of nitrogens with one attached hydrogen (secondary N) is 1. The summed E-state index contributed by atoms with van der Waals surface area (Å²) in [6.45, 7) is 3.63. The van der Waals surface area contributed by atoms with Crippen LogP contribution in [0.1, 0.15) is 21.7 Å². The minimum atomic E-state index is -0.325. The van der Waals surface area contributed by atoms with Crippen LogP contribution in [0.3, 0.4) is 0 Å². The van der Waals surface area contributed by atoms with E-state index in [2.05, 4.69) is 15.3 Å². The molecule has 0 spiro atoms. The van der Waals surface area contributed by atoms with Crippen molar-refractivity contribution in [1.29, 1.82) is 0 Å². The Kier molecular flexibility index (Phi) is 4.20. The standard InChI is InChI=1S/C14H14ClN3O2/c1-8-9(2)16-7-17-13(8)14(19)18-11-6-10(15)4-5-12(11)20-3/h4-7H,1-3H3,(H,18,19). The Bertz CT molecular complexity index is 659. The zero-order valence-electron chi connectivity index (χ0n) is 11.4. The van der Waals surface area contributed by atoms with Crippen molar-refractivity contribution in [3.63, 3.8) is 0 Å². The number of hydrogen-bond acceptors (Lipinski definition) is 4. The fourth-order valence-corrected chi connectivity index (χ4v) is 1.90. The van der Waals surface area contributed by atoms with E-state index in [1.165, 1.54) is 13.4 Å². The number of hydrogen-bond donors (Lipinski definition) is 1. The van der Waals surface area contributed by atoms with E-state index in [4.69, 9.17) is 16.3 Å². The highest BCUT2D eigenvalue weighted by Crippen LogP contribution is 2.28. The molecule has 0 saturated carbocycles. The van der Waals surface area contributed by atoms with Crippen molar-refractivity contribution in [2.75, 3.05) is 12.4 Å². The van der Waals surface area contributed by atoms with E-state index in [-0.39, 0.29) is 5.91 Å². The van der Waals surface area contributed by atoms with Gasteiger partial charge in [0.25, 0.3) is 5.91 Å². The zero-order chi connectivity index (χ0) is 14.7. The second-order valence-corrected chi connectivity index (χ2v) is 4.67. The Hall–Kier alpha value is -2.14. The van der Waals surface area contributed by atoms with Gasteiger partial charge in [-0.05, 0) is 32.0 Å². The first kappa shape index (κ1) is 14.3. The van der Waals surface area contributed by atoms with Crippen LogP contribution in [0, 0.1) is 13.8 Å². The fourth-order valence-electron chi connectivity index (χ4n) is 1.73. The molecule has 6 heteroatoms. The molecule has 1 N–H and O–H groups in total. The van der Waals surface area contributed by atoms with Gasteiger partial charge < -0.3 is 10.1 Å². The highest BCUT2D eigenvalue weighted by atomic mass is 35.5. The molecule has 0 bridgehead atoms. The molecule has 0 atom stereocenters. The number of anilines is 1. The summed E-state index contributed by atoms with van der Waals surface area (Å²) < 4.78 is 5.18. The van der Waals surface area contributed by atoms with E-state index in [1.54, 1.807) is 25.1 Å². The highest BCUT2D eigenvalue weighted by molar-refractivity contribution is 6.31. The molecule has 0 saturated heterocycles. The first-order valence-corrected chi connectivity index (χ1v) is 6.34. The molecule has 1 aromatic carbocycles. The number of nitrogens with zero attached hydrogens (tertiary/aromatic N) is 2. The van der Waals surface area contributed by atoms with Crippen molar-refractivity contribution in [3.8, 4) is 5.75 Å². The number of aromatic nitrogens is 2. The SMILES string of the molecule is COc1ccc(Cl)cc1NC(=O)c1ncnc(C)c1C. The van der Waals surface area contributed by atoms with Crippen molar-refractivity contribution in [2.24, 2.45) is 0 Å². The molecule has 104 valence electrons. The summed E-state index contributed by atoms with van der Waals surface area (Å²) in [6, 6.07) is 5.01. The second-order valence-electron chi connectivity index (χ2n) is 4.23. The molecule has 0 aliphatic rings. The van der Waals surface area contributed by atoms with E-state index in [9.17, 15) is 4.79 Å². The molecule has 1 amide bonds. The zero-order valence-corrected chi connectivity index (χ0v) is 12.2. The number of carbonyl (C=O) groups excluding carboxylic acids is 1. The smallest absolute Gasteiger partial charge is 0.274 e. The number of carbonyl (C=O) groups is 1. The van der Waals surface area contributed by atoms with Gasteiger partial charge in [-0.15, -0.1) is 0 Å². The molecule has 0 aliphatic carbocycles. The Morgan fingerprint density at radius 2 is 2.05 bits per heavy atom. The summed E-state index contributed by atoms with van der Waals surface area (Å²) in [5.74, 6) is 0.208. The number of benzene rings is 1. The molecule has 1 aromatic heterocycles. The van der Waals surface area contributed by atoms with Crippen molar-refractivity contribution < 1.29 is 9.53 Å². The van der Waals surface area contributed by atoms with Gasteiger partial charge >= 0.3 is 0 Å². The van der Waals surface area contributed by atoms with Gasteiger partial charge in [0, 0.05) is 16.3 Å². The van der Waals surface area contributed by atoms with Gasteiger partial charge in [0.1, 0.15) is 17.8 Å². The molecular formula is C14H14ClN3O2. The summed E-state index contributed by atoms with van der Waals surface area (Å²) >= 11 is 5.93. The van der Waals surface area contributed by atoms with E-state index in [0.717, 1.165) is 11.3 Å². The molecule has 0 fully saturated rings. The number of aryl methyl sites for hydroxylation is 1. The number of rotatable bonds is 3. The lowest BCUT2D eigenvalue weighted by Crippen LogP contribution is -2.16. The minimum Gasteiger partial charge on any atom is -0.495 e. The van der Waals surface area contributed by atoms with Gasteiger partial charge in [-0.25, -0.2) is 9.97 Å². The maximum atomic E-state index is 12.3. The second kappa shape index (κ2) is 5.88. The van der Waals surface area contributed by atoms with E-state index in [1.807, 2.05) is 6.92 Å². The lowest BCUT2D eigenvalue weighted by atomic mass is 10.2. The summed E-state index contributed by atoms with van der Waals surface area (Å²) in [6.07, 6.45) is 1.37. The first-order valence-electron chi connectivity index (χ1n) is 5.96. The molecular weight excluding hydrogens is 278 g/mol. The summed E-state index contributed by atoms with van der Waals surface area (Å²) in [5.41, 5.74) is 2.34. The number of methoxy groups -OCH3 is 1. The molecule has 0 aliphatic heterocycles. The first-order chi connectivity index (χ1) is 9.52. The monoisotopic (exact) mass is 291 g/mol. The summed E-state index contributed by atoms with van der Waals surface area (Å²) in [4.78, 5) is 20.3. The van der Waals surface area contributed by atoms with Crippen LogP contribution in [0.2, 0.25) is 5.02 Å². The topological polar surface area (TPSA) is 64.1 Å². The molecule has 2 rings (SSSR count). The predicted molar refractivity (Wildman–Crippen MR) is 77.5 cm³/mol. The molecule has 0 unspecified atom stereocenters. The van der Waals surface area contributed by atoms with Crippen molar-refractivity contribution in [2.45, 2.75) is 13.8 Å². The normalized spacial score (nSPS) is 10.2. The maximum Gasteiger partial charge on any atom is 0.274 e. The predicted octanol–water partition coefficient (Wildman–Crippen LogP) is 3.01. The third kappa shape index (κ3) is 2.88. The Morgan fingerprint density at radius 3 is 2.75 bits per heavy atom. The molecule has 1 heterocycles. The van der Waals surface area contributed by atoms with E-state index < -0.39 is 0 Å². The van der Waals surface area contributed by atoms with Crippen LogP contribution in [0.15, 0.2) is 24.5 Å². The van der Waals surface area contributed by atoms with Crippen LogP contribution < -0.4 is 10.1 Å². The number of amides is 1. The lowest BCUT2D eigenvalue weighted by Gasteiger charge is -2.11. The number of halogens is 1. The lowest BCUT2D eigenvalue weighted by molar-refractivity contribution is 0.102. The third-order valence-electron chi connectivity index (χ3n) is 2.96. The Balaban J connectivity index is 2.32. The van der Waals surface area contributed by atoms with Crippen LogP contribution in [-0.2, 0) is 0 Å². The van der Waals surface area contributed by atoms with E-state index >= 15 is 0 Å². The van der Waals surface area contributed by atoms with Gasteiger partial charge in [-0.3, -0.25) is 4.79 Å². The Morgan fingerprint density at radius 1 is 1.30 bits per heavy atom. The van der Waals surface area contributed by atoms with Gasteiger partial charge in [-0.1, -0.05) is 11.6 Å². The third-order valence-corrected chi connectivity index (χ3v) is 3.20. The van der Waals surface area contributed by atoms with Crippen molar-refractivity contribution >= 4 is 23.2 Å². The molecule has 0 radical (unpaired) electrons. The average Bonchev–Trinajstić information content (AvgIpc) is 2.42. The maximum absolute atomic E-state index is 12.3. The van der Waals surface area contributed by atoms with Gasteiger partial charge in [0.05, 0.1) is 12.8 Å². The van der Waals surface area contributed by atoms with Crippen LogP contribution in [-0.4, -0.2) is 23.0 Å². The van der Waals surface area contributed by atoms with Gasteiger partial charge in [-0.2, -0.15) is 0 Å². The Labute approximate surface area is 122 Å². The molecule has 20 heavy (non-hydrogen) atoms. The van der Waals surface area contributed by atoms with E-state index in [0.29, 0.717) is 22.2 Å². The summed E-state index contributed by atoms with van der Waals surface area (Å²) in [7, 11) is 1.53. The quantitative estimate of drug-likeness (QED) is 0.944. The fraction of sp³-hybridized carbons (Fsp3) is 0.214. The largest absolute Gasteiger partial charge is 0.495 e. The van der Waals surface area contributed by atoms with Crippen LogP contribution in [0.4, 0.5) is 5.69 Å². The highest BCUT2D eigenvalue weighted by Gasteiger charge is 2.15. The van der Waals surface area contributed by atoms with Crippen molar-refractivity contribution in [1.82, 2.24) is 9.97 Å². The van der Waals surface area contributed by atoms with Gasteiger partial charge in [0.15, 0.2) is 0 Å². The van der Waals surface area contributed by atoms with Crippen molar-refractivity contribution in [3.05, 3.63) is 46.5 Å². The minimum absolute atomic E-state index is 0.325. The molecule has 2 aromatic rings. The number of ether oxygens (including phenoxy) is 1. The average molecular weight is 292 g/mol. The van der Waals surface area contributed by atoms with Gasteiger partial charge in [0.2, 0.25) is 0 Å². The van der Waals surface area contributed by atoms with Crippen LogP contribution in [0.25, 0.3) is 0 Å². The van der Waals surface area contributed by atoms with Crippen LogP contribution in [0.5, 0.6) is 5.75 Å². The van der Waals surface area contributed by atoms with Crippen LogP contribution >= 0.6 is 11.6 Å². The summed E-state index contributed by atoms with van der Waals surface area (Å²) in [5, 5.41) is 3.26.